The summed E-state index contributed by atoms with van der Waals surface area (Å²) in [4.78, 5) is 19.1. The van der Waals surface area contributed by atoms with Crippen LogP contribution in [0.5, 0.6) is 0 Å². The van der Waals surface area contributed by atoms with E-state index in [0.717, 1.165) is 44.6 Å². The molecule has 0 spiro atoms. The molecule has 0 bridgehead atoms. The Bertz CT molecular complexity index is 743. The number of nitrogens with zero attached hydrogens (tertiary/aromatic N) is 3. The van der Waals surface area contributed by atoms with Gasteiger partial charge in [0.05, 0.1) is 37.9 Å². The fraction of sp³-hybridized carbons (Fsp3) is 0.696. The minimum Gasteiger partial charge on any atom is -0.389 e. The highest BCUT2D eigenvalue weighted by molar-refractivity contribution is 5.76. The molecule has 0 aliphatic carbocycles. The van der Waals surface area contributed by atoms with E-state index >= 15 is 0 Å². The molecule has 4 atom stereocenters. The number of aliphatic hydroxyl groups is 1. The van der Waals surface area contributed by atoms with Gasteiger partial charge in [-0.05, 0) is 37.6 Å². The Kier molecular flexibility index (Phi) is 7.55. The Balaban J connectivity index is 1.38. The fourth-order valence-electron chi connectivity index (χ4n) is 4.88. The Morgan fingerprint density at radius 3 is 2.77 bits per heavy atom. The van der Waals surface area contributed by atoms with Gasteiger partial charge in [0.1, 0.15) is 5.82 Å². The van der Waals surface area contributed by atoms with Gasteiger partial charge in [-0.3, -0.25) is 9.69 Å². The Morgan fingerprint density at radius 2 is 2.00 bits per heavy atom. The third-order valence-corrected chi connectivity index (χ3v) is 6.62. The maximum atomic E-state index is 13.7. The number of carbonyl (C=O) groups is 1. The van der Waals surface area contributed by atoms with Crippen LogP contribution in [0.2, 0.25) is 0 Å². The number of fused-ring (bicyclic) bond motifs is 1. The van der Waals surface area contributed by atoms with Crippen LogP contribution in [-0.4, -0.2) is 103 Å². The quantitative estimate of drug-likeness (QED) is 0.764. The molecule has 31 heavy (non-hydrogen) atoms. The number of β-amino-alcohol motifs (C(OH)–C–C–N with tert-alkyl or cyclic N) is 1. The topological polar surface area (TPSA) is 65.5 Å². The van der Waals surface area contributed by atoms with Crippen molar-refractivity contribution in [3.8, 4) is 0 Å². The molecule has 3 aliphatic heterocycles. The van der Waals surface area contributed by atoms with Crippen molar-refractivity contribution in [3.63, 3.8) is 0 Å². The van der Waals surface area contributed by atoms with Gasteiger partial charge in [-0.2, -0.15) is 0 Å². The van der Waals surface area contributed by atoms with Crippen molar-refractivity contribution >= 4 is 5.91 Å². The van der Waals surface area contributed by atoms with Crippen molar-refractivity contribution in [1.82, 2.24) is 14.7 Å². The first-order valence-corrected chi connectivity index (χ1v) is 11.3. The summed E-state index contributed by atoms with van der Waals surface area (Å²) in [5.74, 6) is -0.0947. The first-order valence-electron chi connectivity index (χ1n) is 11.3. The molecule has 1 N–H and O–H groups in total. The van der Waals surface area contributed by atoms with Crippen LogP contribution in [0.3, 0.4) is 0 Å². The van der Waals surface area contributed by atoms with Gasteiger partial charge in [-0.25, -0.2) is 4.39 Å². The molecule has 4 rings (SSSR count). The number of likely N-dealkylation sites (N-methyl/N-ethyl adjacent to an activating group) is 1. The Morgan fingerprint density at radius 1 is 1.19 bits per heavy atom. The molecule has 8 heteroatoms. The summed E-state index contributed by atoms with van der Waals surface area (Å²) in [5, 5.41) is 10.3. The summed E-state index contributed by atoms with van der Waals surface area (Å²) in [7, 11) is 2.08. The first-order chi connectivity index (χ1) is 15.0. The average Bonchev–Trinajstić information content (AvgIpc) is 2.73. The highest BCUT2D eigenvalue weighted by Gasteiger charge is 2.38. The monoisotopic (exact) mass is 435 g/mol. The fourth-order valence-corrected chi connectivity index (χ4v) is 4.88. The van der Waals surface area contributed by atoms with Crippen LogP contribution < -0.4 is 0 Å². The normalized spacial score (nSPS) is 31.0. The summed E-state index contributed by atoms with van der Waals surface area (Å²) in [5.41, 5.74) is 0.875. The molecule has 1 aromatic carbocycles. The van der Waals surface area contributed by atoms with Crippen molar-refractivity contribution in [2.75, 3.05) is 53.0 Å². The maximum Gasteiger partial charge on any atom is 0.225 e. The zero-order chi connectivity index (χ0) is 21.8. The minimum atomic E-state index is -0.592. The van der Waals surface area contributed by atoms with Crippen LogP contribution >= 0.6 is 0 Å². The summed E-state index contributed by atoms with van der Waals surface area (Å²) < 4.78 is 25.7. The molecule has 3 heterocycles. The second-order valence-electron chi connectivity index (χ2n) is 9.08. The number of benzene rings is 1. The van der Waals surface area contributed by atoms with E-state index in [4.69, 9.17) is 9.47 Å². The number of ether oxygens (including phenoxy) is 2. The van der Waals surface area contributed by atoms with Crippen molar-refractivity contribution < 1.29 is 23.8 Å². The SMILES string of the molecule is CN1CCN(C(=O)C[C@H]2CC[C@@H]3[C@H](COC[C@H](O)CN3Cc3cccc(F)c3)O2)CC1. The molecule has 1 aromatic rings. The molecular formula is C23H34FN3O4. The van der Waals surface area contributed by atoms with Crippen molar-refractivity contribution in [2.45, 2.75) is 50.2 Å². The molecular weight excluding hydrogens is 401 g/mol. The van der Waals surface area contributed by atoms with E-state index < -0.39 is 6.10 Å². The van der Waals surface area contributed by atoms with Gasteiger partial charge < -0.3 is 24.4 Å². The van der Waals surface area contributed by atoms with Gasteiger partial charge in [0, 0.05) is 45.3 Å². The third kappa shape index (κ3) is 6.02. The number of halogens is 1. The van der Waals surface area contributed by atoms with Gasteiger partial charge in [-0.1, -0.05) is 12.1 Å². The van der Waals surface area contributed by atoms with Gasteiger partial charge in [0.2, 0.25) is 5.91 Å². The van der Waals surface area contributed by atoms with E-state index in [1.807, 2.05) is 11.0 Å². The number of aliphatic hydroxyl groups excluding tert-OH is 1. The average molecular weight is 436 g/mol. The number of carbonyl (C=O) groups excluding carboxylic acids is 1. The van der Waals surface area contributed by atoms with Crippen LogP contribution in [0.15, 0.2) is 24.3 Å². The number of hydrogen-bond acceptors (Lipinski definition) is 6. The van der Waals surface area contributed by atoms with Crippen LogP contribution in [0.25, 0.3) is 0 Å². The number of amides is 1. The van der Waals surface area contributed by atoms with Gasteiger partial charge in [0.15, 0.2) is 0 Å². The van der Waals surface area contributed by atoms with Crippen molar-refractivity contribution in [2.24, 2.45) is 0 Å². The summed E-state index contributed by atoms with van der Waals surface area (Å²) in [6.07, 6.45) is 1.18. The van der Waals surface area contributed by atoms with Crippen molar-refractivity contribution in [1.29, 1.82) is 0 Å². The van der Waals surface area contributed by atoms with E-state index in [-0.39, 0.29) is 36.6 Å². The van der Waals surface area contributed by atoms with E-state index in [2.05, 4.69) is 16.8 Å². The number of piperazine rings is 1. The molecule has 0 aromatic heterocycles. The minimum absolute atomic E-state index is 0.0632. The summed E-state index contributed by atoms with van der Waals surface area (Å²) >= 11 is 0. The van der Waals surface area contributed by atoms with E-state index in [1.54, 1.807) is 6.07 Å². The van der Waals surface area contributed by atoms with E-state index in [1.165, 1.54) is 12.1 Å². The zero-order valence-electron chi connectivity index (χ0n) is 18.3. The van der Waals surface area contributed by atoms with Gasteiger partial charge >= 0.3 is 0 Å². The smallest absolute Gasteiger partial charge is 0.225 e. The Hall–Kier alpha value is -1.58. The highest BCUT2D eigenvalue weighted by Crippen LogP contribution is 2.29. The molecule has 3 fully saturated rings. The summed E-state index contributed by atoms with van der Waals surface area (Å²) in [6, 6.07) is 6.66. The molecule has 172 valence electrons. The second-order valence-corrected chi connectivity index (χ2v) is 9.08. The molecule has 0 radical (unpaired) electrons. The first kappa shape index (κ1) is 22.6. The predicted octanol–water partition coefficient (Wildman–Crippen LogP) is 1.10. The standard InChI is InChI=1S/C23H34FN3O4/c1-25-7-9-26(10-8-25)23(29)12-20-5-6-21-22(31-20)16-30-15-19(28)14-27(21)13-17-3-2-4-18(24)11-17/h2-4,11,19-22,28H,5-10,12-16H2,1H3/t19-,20-,21-,22+/m1/s1. The van der Waals surface area contributed by atoms with Gasteiger partial charge in [-0.15, -0.1) is 0 Å². The lowest BCUT2D eigenvalue weighted by atomic mass is 9.94. The number of rotatable bonds is 4. The van der Waals surface area contributed by atoms with Crippen LogP contribution in [-0.2, 0) is 20.8 Å². The van der Waals surface area contributed by atoms with Gasteiger partial charge in [0.25, 0.3) is 0 Å². The molecule has 0 saturated carbocycles. The highest BCUT2D eigenvalue weighted by atomic mass is 19.1. The van der Waals surface area contributed by atoms with E-state index in [9.17, 15) is 14.3 Å². The van der Waals surface area contributed by atoms with E-state index in [0.29, 0.717) is 26.1 Å². The molecule has 0 unspecified atom stereocenters. The van der Waals surface area contributed by atoms with Crippen LogP contribution in [0.1, 0.15) is 24.8 Å². The largest absolute Gasteiger partial charge is 0.389 e. The Labute approximate surface area is 183 Å². The summed E-state index contributed by atoms with van der Waals surface area (Å²) in [6.45, 7) is 5.00. The molecule has 3 saturated heterocycles. The lowest BCUT2D eigenvalue weighted by Crippen LogP contribution is -2.55. The van der Waals surface area contributed by atoms with Crippen molar-refractivity contribution in [3.05, 3.63) is 35.6 Å². The third-order valence-electron chi connectivity index (χ3n) is 6.62. The zero-order valence-corrected chi connectivity index (χ0v) is 18.3. The lowest BCUT2D eigenvalue weighted by molar-refractivity contribution is -0.161. The predicted molar refractivity (Wildman–Crippen MR) is 114 cm³/mol. The lowest BCUT2D eigenvalue weighted by Gasteiger charge is -2.45. The second kappa shape index (κ2) is 10.4. The van der Waals surface area contributed by atoms with Crippen LogP contribution in [0.4, 0.5) is 4.39 Å². The number of hydrogen-bond donors (Lipinski definition) is 1. The van der Waals surface area contributed by atoms with Crippen LogP contribution in [0, 0.1) is 5.82 Å². The molecule has 3 aliphatic rings. The molecule has 1 amide bonds. The molecule has 7 nitrogen and oxygen atoms in total. The maximum absolute atomic E-state index is 13.7.